The molecule has 0 saturated carbocycles. The van der Waals surface area contributed by atoms with Crippen LogP contribution in [0.2, 0.25) is 10.0 Å². The molecule has 1 aromatic carbocycles. The topological polar surface area (TPSA) is 63.4 Å². The van der Waals surface area contributed by atoms with Crippen molar-refractivity contribution in [2.75, 3.05) is 11.9 Å². The molecule has 0 fully saturated rings. The lowest BCUT2D eigenvalue weighted by atomic mass is 10.3. The van der Waals surface area contributed by atoms with Crippen LogP contribution in [0.15, 0.2) is 42.9 Å². The zero-order valence-electron chi connectivity index (χ0n) is 11.5. The number of fused-ring (bicyclic) bond motifs is 1. The van der Waals surface area contributed by atoms with Gasteiger partial charge in [-0.3, -0.25) is 0 Å². The molecular formula is C14H13Cl2N5O. The minimum absolute atomic E-state index is 0.296. The molecule has 0 saturated heterocycles. The second-order valence-corrected chi connectivity index (χ2v) is 5.45. The summed E-state index contributed by atoms with van der Waals surface area (Å²) in [6, 6.07) is 6.54. The Bertz CT molecular complexity index is 811. The van der Waals surface area contributed by atoms with Crippen molar-refractivity contribution >= 4 is 40.6 Å². The van der Waals surface area contributed by atoms with Gasteiger partial charge in [0.1, 0.15) is 5.65 Å². The minimum Gasteiger partial charge on any atom is -0.336 e. The van der Waals surface area contributed by atoms with Gasteiger partial charge in [0.05, 0.1) is 16.2 Å². The monoisotopic (exact) mass is 337 g/mol. The number of imidazole rings is 1. The molecule has 0 unspecified atom stereocenters. The highest BCUT2D eigenvalue weighted by molar-refractivity contribution is 6.42. The maximum atomic E-state index is 11.8. The van der Waals surface area contributed by atoms with Crippen LogP contribution in [0.5, 0.6) is 0 Å². The molecule has 3 rings (SSSR count). The van der Waals surface area contributed by atoms with Crippen molar-refractivity contribution in [2.45, 2.75) is 6.54 Å². The molecule has 0 aliphatic heterocycles. The number of hydrogen-bond acceptors (Lipinski definition) is 2. The van der Waals surface area contributed by atoms with E-state index in [2.05, 4.69) is 15.7 Å². The molecule has 0 spiro atoms. The van der Waals surface area contributed by atoms with Crippen molar-refractivity contribution in [1.29, 1.82) is 0 Å². The zero-order chi connectivity index (χ0) is 15.5. The molecule has 0 bridgehead atoms. The summed E-state index contributed by atoms with van der Waals surface area (Å²) in [7, 11) is 0. The van der Waals surface area contributed by atoms with Crippen molar-refractivity contribution in [3.8, 4) is 0 Å². The number of nitrogens with one attached hydrogen (secondary N) is 2. The molecule has 6 nitrogen and oxygen atoms in total. The first kappa shape index (κ1) is 14.7. The van der Waals surface area contributed by atoms with Gasteiger partial charge in [0.25, 0.3) is 0 Å². The minimum atomic E-state index is -0.296. The van der Waals surface area contributed by atoms with Gasteiger partial charge in [-0.25, -0.2) is 9.31 Å². The maximum Gasteiger partial charge on any atom is 0.319 e. The molecule has 2 heterocycles. The summed E-state index contributed by atoms with van der Waals surface area (Å²) in [5.41, 5.74) is 1.57. The van der Waals surface area contributed by atoms with Crippen molar-refractivity contribution in [1.82, 2.24) is 19.5 Å². The van der Waals surface area contributed by atoms with Crippen LogP contribution in [-0.2, 0) is 6.54 Å². The Morgan fingerprint density at radius 1 is 1.18 bits per heavy atom. The smallest absolute Gasteiger partial charge is 0.319 e. The zero-order valence-corrected chi connectivity index (χ0v) is 13.0. The molecule has 22 heavy (non-hydrogen) atoms. The quantitative estimate of drug-likeness (QED) is 0.767. The van der Waals surface area contributed by atoms with E-state index in [4.69, 9.17) is 23.2 Å². The molecule has 3 aromatic rings. The highest BCUT2D eigenvalue weighted by Crippen LogP contribution is 2.24. The van der Waals surface area contributed by atoms with Gasteiger partial charge < -0.3 is 15.2 Å². The average Bonchev–Trinajstić information content (AvgIpc) is 3.07. The Kier molecular flexibility index (Phi) is 4.22. The van der Waals surface area contributed by atoms with E-state index in [1.54, 1.807) is 28.9 Å². The van der Waals surface area contributed by atoms with Crippen LogP contribution in [-0.4, -0.2) is 26.8 Å². The second-order valence-electron chi connectivity index (χ2n) is 4.64. The molecule has 0 aliphatic carbocycles. The predicted molar refractivity (Wildman–Crippen MR) is 86.7 cm³/mol. The number of hydrogen-bond donors (Lipinski definition) is 2. The van der Waals surface area contributed by atoms with E-state index in [1.807, 2.05) is 23.0 Å². The molecule has 2 aromatic heterocycles. The molecule has 8 heteroatoms. The summed E-state index contributed by atoms with van der Waals surface area (Å²) >= 11 is 11.7. The first-order valence-corrected chi connectivity index (χ1v) is 7.37. The SMILES string of the molecule is O=C(NCCn1ccn2nccc12)Nc1ccc(Cl)c(Cl)c1. The van der Waals surface area contributed by atoms with Crippen molar-refractivity contribution in [3.05, 3.63) is 52.9 Å². The fourth-order valence-electron chi connectivity index (χ4n) is 2.10. The number of aromatic nitrogens is 3. The summed E-state index contributed by atoms with van der Waals surface area (Å²) in [5.74, 6) is 0. The Labute approximate surface area is 136 Å². The Balaban J connectivity index is 1.52. The Hall–Kier alpha value is -2.18. The largest absolute Gasteiger partial charge is 0.336 e. The van der Waals surface area contributed by atoms with E-state index >= 15 is 0 Å². The van der Waals surface area contributed by atoms with Crippen LogP contribution in [0, 0.1) is 0 Å². The number of anilines is 1. The number of amides is 2. The average molecular weight is 338 g/mol. The third-order valence-corrected chi connectivity index (χ3v) is 3.89. The first-order chi connectivity index (χ1) is 10.6. The van der Waals surface area contributed by atoms with Crippen LogP contribution in [0.25, 0.3) is 5.65 Å². The van der Waals surface area contributed by atoms with Crippen LogP contribution in [0.3, 0.4) is 0 Å². The number of nitrogens with zero attached hydrogens (tertiary/aromatic N) is 3. The van der Waals surface area contributed by atoms with Crippen LogP contribution >= 0.6 is 23.2 Å². The summed E-state index contributed by atoms with van der Waals surface area (Å²) < 4.78 is 3.78. The normalized spacial score (nSPS) is 10.8. The molecule has 0 aliphatic rings. The predicted octanol–water partition coefficient (Wildman–Crippen LogP) is 3.26. The molecule has 114 valence electrons. The highest BCUT2D eigenvalue weighted by atomic mass is 35.5. The van der Waals surface area contributed by atoms with Gasteiger partial charge in [-0.15, -0.1) is 0 Å². The van der Waals surface area contributed by atoms with Crippen molar-refractivity contribution in [3.63, 3.8) is 0 Å². The van der Waals surface area contributed by atoms with Gasteiger partial charge in [0.15, 0.2) is 0 Å². The first-order valence-electron chi connectivity index (χ1n) is 6.62. The number of halogens is 2. The number of carbonyl (C=O) groups is 1. The van der Waals surface area contributed by atoms with Gasteiger partial charge in [0.2, 0.25) is 0 Å². The molecule has 0 atom stereocenters. The van der Waals surface area contributed by atoms with E-state index in [0.717, 1.165) is 5.65 Å². The lowest BCUT2D eigenvalue weighted by molar-refractivity contribution is 0.251. The number of benzene rings is 1. The van der Waals surface area contributed by atoms with Crippen LogP contribution in [0.1, 0.15) is 0 Å². The Morgan fingerprint density at radius 2 is 2.05 bits per heavy atom. The van der Waals surface area contributed by atoms with E-state index in [-0.39, 0.29) is 6.03 Å². The van der Waals surface area contributed by atoms with Crippen molar-refractivity contribution in [2.24, 2.45) is 0 Å². The van der Waals surface area contributed by atoms with Gasteiger partial charge in [0, 0.05) is 37.2 Å². The lowest BCUT2D eigenvalue weighted by Gasteiger charge is -2.09. The third-order valence-electron chi connectivity index (χ3n) is 3.15. The highest BCUT2D eigenvalue weighted by Gasteiger charge is 2.05. The van der Waals surface area contributed by atoms with E-state index < -0.39 is 0 Å². The number of rotatable bonds is 4. The van der Waals surface area contributed by atoms with E-state index in [9.17, 15) is 4.79 Å². The number of urea groups is 1. The van der Waals surface area contributed by atoms with Crippen molar-refractivity contribution < 1.29 is 4.79 Å². The standard InChI is InChI=1S/C14H13Cl2N5O/c15-11-2-1-10(9-12(11)16)19-14(22)17-5-6-20-7-8-21-13(20)3-4-18-21/h1-4,7-9H,5-6H2,(H2,17,19,22). The lowest BCUT2D eigenvalue weighted by Crippen LogP contribution is -2.31. The van der Waals surface area contributed by atoms with Gasteiger partial charge in [-0.1, -0.05) is 23.2 Å². The van der Waals surface area contributed by atoms with E-state index in [0.29, 0.717) is 28.8 Å². The Morgan fingerprint density at radius 3 is 2.86 bits per heavy atom. The number of carbonyl (C=O) groups excluding carboxylic acids is 1. The second kappa shape index (κ2) is 6.29. The summed E-state index contributed by atoms with van der Waals surface area (Å²) in [6.07, 6.45) is 5.52. The van der Waals surface area contributed by atoms with Gasteiger partial charge in [-0.05, 0) is 18.2 Å². The maximum absolute atomic E-state index is 11.8. The summed E-state index contributed by atoms with van der Waals surface area (Å²) in [5, 5.41) is 10.5. The third kappa shape index (κ3) is 3.18. The fourth-order valence-corrected chi connectivity index (χ4v) is 2.40. The van der Waals surface area contributed by atoms with Gasteiger partial charge in [-0.2, -0.15) is 5.10 Å². The van der Waals surface area contributed by atoms with E-state index in [1.165, 1.54) is 0 Å². The molecule has 2 amide bonds. The molecule has 2 N–H and O–H groups in total. The molecule has 0 radical (unpaired) electrons. The summed E-state index contributed by atoms with van der Waals surface area (Å²) in [6.45, 7) is 1.14. The fraction of sp³-hybridized carbons (Fsp3) is 0.143. The van der Waals surface area contributed by atoms with Crippen LogP contribution < -0.4 is 10.6 Å². The summed E-state index contributed by atoms with van der Waals surface area (Å²) in [4.78, 5) is 11.8. The molecular weight excluding hydrogens is 325 g/mol. The van der Waals surface area contributed by atoms with Gasteiger partial charge >= 0.3 is 6.03 Å². The van der Waals surface area contributed by atoms with Crippen LogP contribution in [0.4, 0.5) is 10.5 Å².